The Morgan fingerprint density at radius 2 is 2.18 bits per heavy atom. The number of halogens is 1. The second-order valence-electron chi connectivity index (χ2n) is 4.56. The number of amides is 1. The van der Waals surface area contributed by atoms with Crippen molar-refractivity contribution < 1.29 is 4.79 Å². The first-order valence-electron chi connectivity index (χ1n) is 5.70. The number of hydrogen-bond acceptors (Lipinski definition) is 2. The predicted octanol–water partition coefficient (Wildman–Crippen LogP) is 2.96. The van der Waals surface area contributed by atoms with E-state index in [0.717, 1.165) is 5.56 Å². The zero-order valence-corrected chi connectivity index (χ0v) is 11.3. The molecule has 1 atom stereocenters. The highest BCUT2D eigenvalue weighted by Crippen LogP contribution is 2.26. The normalized spacial score (nSPS) is 14.2. The molecule has 1 aromatic carbocycles. The maximum atomic E-state index is 12.1. The molecule has 1 rings (SSSR count). The van der Waals surface area contributed by atoms with Crippen molar-refractivity contribution in [2.24, 2.45) is 11.1 Å². The van der Waals surface area contributed by atoms with E-state index in [9.17, 15) is 4.79 Å². The molecule has 0 saturated heterocycles. The van der Waals surface area contributed by atoms with Crippen molar-refractivity contribution in [3.63, 3.8) is 0 Å². The molecule has 1 unspecified atom stereocenters. The van der Waals surface area contributed by atoms with Crippen molar-refractivity contribution in [2.75, 3.05) is 11.9 Å². The molecule has 0 saturated carbocycles. The van der Waals surface area contributed by atoms with Crippen molar-refractivity contribution in [1.82, 2.24) is 0 Å². The summed E-state index contributed by atoms with van der Waals surface area (Å²) < 4.78 is 0. The minimum Gasteiger partial charge on any atom is -0.329 e. The zero-order chi connectivity index (χ0) is 13.1. The minimum absolute atomic E-state index is 0.0880. The van der Waals surface area contributed by atoms with Gasteiger partial charge in [0.15, 0.2) is 0 Å². The number of nitrogens with two attached hydrogens (primary N) is 1. The summed E-state index contributed by atoms with van der Waals surface area (Å²) in [5, 5.41) is 3.38. The molecule has 0 aliphatic carbocycles. The number of hydrogen-bond donors (Lipinski definition) is 2. The molecule has 1 aromatic rings. The molecular weight excluding hydrogens is 236 g/mol. The fourth-order valence-corrected chi connectivity index (χ4v) is 1.57. The van der Waals surface area contributed by atoms with E-state index in [0.29, 0.717) is 23.7 Å². The van der Waals surface area contributed by atoms with Crippen LogP contribution in [0.4, 0.5) is 5.69 Å². The zero-order valence-electron chi connectivity index (χ0n) is 10.5. The third-order valence-corrected chi connectivity index (χ3v) is 3.48. The number of carbonyl (C=O) groups is 1. The fraction of sp³-hybridized carbons (Fsp3) is 0.462. The van der Waals surface area contributed by atoms with Crippen LogP contribution in [0, 0.1) is 12.3 Å². The Balaban J connectivity index is 2.91. The molecule has 0 radical (unpaired) electrons. The van der Waals surface area contributed by atoms with Crippen molar-refractivity contribution in [2.45, 2.75) is 27.2 Å². The van der Waals surface area contributed by atoms with Crippen LogP contribution in [0.5, 0.6) is 0 Å². The van der Waals surface area contributed by atoms with Crippen LogP contribution in [0.1, 0.15) is 25.8 Å². The van der Waals surface area contributed by atoms with E-state index in [4.69, 9.17) is 17.3 Å². The van der Waals surface area contributed by atoms with Gasteiger partial charge in [-0.15, -0.1) is 0 Å². The van der Waals surface area contributed by atoms with Crippen LogP contribution in [-0.4, -0.2) is 12.5 Å². The molecule has 0 bridgehead atoms. The molecule has 0 aromatic heterocycles. The fourth-order valence-electron chi connectivity index (χ4n) is 1.41. The molecule has 3 nitrogen and oxygen atoms in total. The Hall–Kier alpha value is -1.06. The SMILES string of the molecule is CCC(C)(CN)C(=O)Nc1cc(C)ccc1Cl. The molecule has 0 heterocycles. The summed E-state index contributed by atoms with van der Waals surface area (Å²) in [6.07, 6.45) is 0.693. The molecule has 17 heavy (non-hydrogen) atoms. The van der Waals surface area contributed by atoms with E-state index in [2.05, 4.69) is 5.32 Å². The number of aryl methyl sites for hydroxylation is 1. The smallest absolute Gasteiger partial charge is 0.231 e. The lowest BCUT2D eigenvalue weighted by Gasteiger charge is -2.25. The van der Waals surface area contributed by atoms with Crippen LogP contribution in [-0.2, 0) is 4.79 Å². The van der Waals surface area contributed by atoms with E-state index in [-0.39, 0.29) is 5.91 Å². The Bertz CT molecular complexity index is 414. The molecule has 4 heteroatoms. The number of anilines is 1. The average molecular weight is 255 g/mol. The largest absolute Gasteiger partial charge is 0.329 e. The summed E-state index contributed by atoms with van der Waals surface area (Å²) in [6, 6.07) is 5.53. The highest BCUT2D eigenvalue weighted by atomic mass is 35.5. The summed E-state index contributed by atoms with van der Waals surface area (Å²) in [4.78, 5) is 12.1. The summed E-state index contributed by atoms with van der Waals surface area (Å²) in [5.41, 5.74) is 6.79. The van der Waals surface area contributed by atoms with Gasteiger partial charge in [0.1, 0.15) is 0 Å². The Labute approximate surface area is 107 Å². The van der Waals surface area contributed by atoms with Gasteiger partial charge < -0.3 is 11.1 Å². The number of carbonyl (C=O) groups excluding carboxylic acids is 1. The quantitative estimate of drug-likeness (QED) is 0.868. The minimum atomic E-state index is -0.549. The van der Waals surface area contributed by atoms with Crippen LogP contribution >= 0.6 is 11.6 Å². The van der Waals surface area contributed by atoms with Gasteiger partial charge in [0, 0.05) is 6.54 Å². The van der Waals surface area contributed by atoms with Crippen LogP contribution < -0.4 is 11.1 Å². The third kappa shape index (κ3) is 3.20. The van der Waals surface area contributed by atoms with Gasteiger partial charge in [-0.05, 0) is 38.0 Å². The van der Waals surface area contributed by atoms with E-state index in [1.807, 2.05) is 32.9 Å². The Kier molecular flexibility index (Phi) is 4.54. The van der Waals surface area contributed by atoms with Gasteiger partial charge >= 0.3 is 0 Å². The molecule has 0 aliphatic heterocycles. The lowest BCUT2D eigenvalue weighted by molar-refractivity contribution is -0.124. The molecule has 0 spiro atoms. The molecule has 94 valence electrons. The van der Waals surface area contributed by atoms with Gasteiger partial charge in [0.25, 0.3) is 0 Å². The van der Waals surface area contributed by atoms with Gasteiger partial charge in [-0.25, -0.2) is 0 Å². The maximum Gasteiger partial charge on any atom is 0.231 e. The van der Waals surface area contributed by atoms with E-state index in [1.54, 1.807) is 6.07 Å². The lowest BCUT2D eigenvalue weighted by Crippen LogP contribution is -2.39. The van der Waals surface area contributed by atoms with Crippen LogP contribution in [0.25, 0.3) is 0 Å². The summed E-state index contributed by atoms with van der Waals surface area (Å²) in [5.74, 6) is -0.0880. The van der Waals surface area contributed by atoms with Crippen LogP contribution in [0.3, 0.4) is 0 Å². The Morgan fingerprint density at radius 1 is 1.53 bits per heavy atom. The van der Waals surface area contributed by atoms with Crippen molar-refractivity contribution in [3.8, 4) is 0 Å². The van der Waals surface area contributed by atoms with Gasteiger partial charge in [-0.3, -0.25) is 4.79 Å². The van der Waals surface area contributed by atoms with Gasteiger partial charge in [0.05, 0.1) is 16.1 Å². The van der Waals surface area contributed by atoms with E-state index in [1.165, 1.54) is 0 Å². The lowest BCUT2D eigenvalue weighted by atomic mass is 9.86. The molecular formula is C13H19ClN2O. The second-order valence-corrected chi connectivity index (χ2v) is 4.96. The molecule has 3 N–H and O–H groups in total. The Morgan fingerprint density at radius 3 is 2.71 bits per heavy atom. The van der Waals surface area contributed by atoms with E-state index >= 15 is 0 Å². The first-order valence-corrected chi connectivity index (χ1v) is 6.08. The van der Waals surface area contributed by atoms with Gasteiger partial charge in [0.2, 0.25) is 5.91 Å². The van der Waals surface area contributed by atoms with Crippen LogP contribution in [0.2, 0.25) is 5.02 Å². The molecule has 1 amide bonds. The monoisotopic (exact) mass is 254 g/mol. The third-order valence-electron chi connectivity index (χ3n) is 3.15. The van der Waals surface area contributed by atoms with Crippen molar-refractivity contribution >= 4 is 23.2 Å². The summed E-state index contributed by atoms with van der Waals surface area (Å²) in [6.45, 7) is 6.07. The number of rotatable bonds is 4. The van der Waals surface area contributed by atoms with Gasteiger partial charge in [-0.1, -0.05) is 24.6 Å². The molecule has 0 aliphatic rings. The predicted molar refractivity (Wildman–Crippen MR) is 72.3 cm³/mol. The maximum absolute atomic E-state index is 12.1. The second kappa shape index (κ2) is 5.52. The average Bonchev–Trinajstić information content (AvgIpc) is 2.32. The van der Waals surface area contributed by atoms with Crippen molar-refractivity contribution in [3.05, 3.63) is 28.8 Å². The topological polar surface area (TPSA) is 55.1 Å². The first kappa shape index (κ1) is 14.0. The van der Waals surface area contributed by atoms with Crippen molar-refractivity contribution in [1.29, 1.82) is 0 Å². The molecule has 0 fully saturated rings. The summed E-state index contributed by atoms with van der Waals surface area (Å²) in [7, 11) is 0. The van der Waals surface area contributed by atoms with Gasteiger partial charge in [-0.2, -0.15) is 0 Å². The standard InChI is InChI=1S/C13H19ClN2O/c1-4-13(3,8-15)12(17)16-11-7-9(2)5-6-10(11)14/h5-7H,4,8,15H2,1-3H3,(H,16,17). The first-order chi connectivity index (χ1) is 7.92. The highest BCUT2D eigenvalue weighted by molar-refractivity contribution is 6.33. The van der Waals surface area contributed by atoms with E-state index < -0.39 is 5.41 Å². The number of nitrogens with one attached hydrogen (secondary N) is 1. The highest BCUT2D eigenvalue weighted by Gasteiger charge is 2.29. The van der Waals surface area contributed by atoms with Crippen LogP contribution in [0.15, 0.2) is 18.2 Å². The number of benzene rings is 1. The summed E-state index contributed by atoms with van der Waals surface area (Å²) >= 11 is 6.03.